The molecule has 1 aromatic carbocycles. The normalized spacial score (nSPS) is 12.0. The first-order valence-corrected chi connectivity index (χ1v) is 4.08. The fraction of sp³-hybridized carbons (Fsp3) is 0.100. The molecule has 1 N–H and O–H groups in total. The van der Waals surface area contributed by atoms with Crippen LogP contribution in [-0.4, -0.2) is 11.1 Å². The summed E-state index contributed by atoms with van der Waals surface area (Å²) in [5, 5.41) is 8.28. The molecule has 0 bridgehead atoms. The van der Waals surface area contributed by atoms with Crippen molar-refractivity contribution >= 4 is 12.0 Å². The van der Waals surface area contributed by atoms with Gasteiger partial charge in [0.05, 0.1) is 5.56 Å². The van der Waals surface area contributed by atoms with Gasteiger partial charge in [0, 0.05) is 6.08 Å². The largest absolute Gasteiger partial charge is 0.478 e. The van der Waals surface area contributed by atoms with Crippen LogP contribution in [0.5, 0.6) is 0 Å². The highest BCUT2D eigenvalue weighted by molar-refractivity contribution is 5.85. The molecule has 0 atom stereocenters. The third-order valence-electron chi connectivity index (χ3n) is 1.73. The van der Waals surface area contributed by atoms with E-state index >= 15 is 0 Å². The van der Waals surface area contributed by atoms with Crippen molar-refractivity contribution in [2.24, 2.45) is 0 Å². The van der Waals surface area contributed by atoms with Crippen molar-refractivity contribution in [2.45, 2.75) is 6.18 Å². The molecule has 0 fully saturated rings. The van der Waals surface area contributed by atoms with Gasteiger partial charge in [-0.1, -0.05) is 6.07 Å². The van der Waals surface area contributed by atoms with Gasteiger partial charge in [0.2, 0.25) is 0 Å². The number of hydrogen-bond donors (Lipinski definition) is 1. The fourth-order valence-corrected chi connectivity index (χ4v) is 1.08. The van der Waals surface area contributed by atoms with Crippen LogP contribution >= 0.6 is 0 Å². The summed E-state index contributed by atoms with van der Waals surface area (Å²) in [4.78, 5) is 10.2. The quantitative estimate of drug-likeness (QED) is 0.631. The van der Waals surface area contributed by atoms with Crippen molar-refractivity contribution in [1.29, 1.82) is 0 Å². The third-order valence-corrected chi connectivity index (χ3v) is 1.73. The fourth-order valence-electron chi connectivity index (χ4n) is 1.08. The second kappa shape index (κ2) is 4.34. The lowest BCUT2D eigenvalue weighted by Crippen LogP contribution is -2.08. The molecule has 16 heavy (non-hydrogen) atoms. The molecule has 0 aliphatic rings. The minimum absolute atomic E-state index is 0.321. The summed E-state index contributed by atoms with van der Waals surface area (Å²) >= 11 is 0. The van der Waals surface area contributed by atoms with Gasteiger partial charge in [0.15, 0.2) is 0 Å². The van der Waals surface area contributed by atoms with Crippen LogP contribution in [0.2, 0.25) is 0 Å². The molecule has 0 radical (unpaired) electrons. The molecule has 0 heterocycles. The van der Waals surface area contributed by atoms with Gasteiger partial charge in [0.25, 0.3) is 0 Å². The highest BCUT2D eigenvalue weighted by Gasteiger charge is 2.33. The predicted molar refractivity (Wildman–Crippen MR) is 48.1 cm³/mol. The van der Waals surface area contributed by atoms with Gasteiger partial charge >= 0.3 is 12.1 Å². The van der Waals surface area contributed by atoms with E-state index in [0.29, 0.717) is 12.1 Å². The number of carbonyl (C=O) groups is 1. The molecular formula is C10H6F4O2. The maximum absolute atomic E-state index is 12.6. The van der Waals surface area contributed by atoms with E-state index in [1.807, 2.05) is 0 Å². The second-order valence-corrected chi connectivity index (χ2v) is 2.90. The molecule has 0 aliphatic carbocycles. The van der Waals surface area contributed by atoms with Crippen molar-refractivity contribution in [1.82, 2.24) is 0 Å². The average molecular weight is 234 g/mol. The van der Waals surface area contributed by atoms with Gasteiger partial charge in [-0.3, -0.25) is 0 Å². The molecule has 0 saturated heterocycles. The van der Waals surface area contributed by atoms with Gasteiger partial charge in [-0.15, -0.1) is 0 Å². The lowest BCUT2D eigenvalue weighted by Gasteiger charge is -2.09. The zero-order valence-corrected chi connectivity index (χ0v) is 7.75. The molecule has 1 rings (SSSR count). The first-order valence-electron chi connectivity index (χ1n) is 4.08. The molecule has 0 spiro atoms. The molecule has 0 aromatic heterocycles. The maximum Gasteiger partial charge on any atom is 0.417 e. The Morgan fingerprint density at radius 2 is 1.94 bits per heavy atom. The molecule has 6 heteroatoms. The van der Waals surface area contributed by atoms with Crippen LogP contribution in [0.4, 0.5) is 17.6 Å². The molecule has 0 unspecified atom stereocenters. The van der Waals surface area contributed by atoms with Gasteiger partial charge in [-0.2, -0.15) is 13.2 Å². The molecule has 86 valence electrons. The van der Waals surface area contributed by atoms with E-state index in [1.54, 1.807) is 0 Å². The number of aliphatic carboxylic acids is 1. The molecule has 0 aliphatic heterocycles. The zero-order chi connectivity index (χ0) is 12.3. The van der Waals surface area contributed by atoms with Crippen molar-refractivity contribution in [3.8, 4) is 0 Å². The lowest BCUT2D eigenvalue weighted by molar-refractivity contribution is -0.138. The Kier molecular flexibility index (Phi) is 3.31. The number of rotatable bonds is 2. The van der Waals surface area contributed by atoms with Crippen LogP contribution < -0.4 is 0 Å². The van der Waals surface area contributed by atoms with Crippen molar-refractivity contribution in [2.75, 3.05) is 0 Å². The summed E-state index contributed by atoms with van der Waals surface area (Å²) in [5.41, 5.74) is -1.60. The second-order valence-electron chi connectivity index (χ2n) is 2.90. The lowest BCUT2D eigenvalue weighted by atomic mass is 10.1. The Hall–Kier alpha value is -1.85. The number of alkyl halides is 3. The van der Waals surface area contributed by atoms with Crippen LogP contribution in [0.1, 0.15) is 11.1 Å². The van der Waals surface area contributed by atoms with Crippen LogP contribution in [0.25, 0.3) is 6.08 Å². The molecule has 2 nitrogen and oxygen atoms in total. The standard InChI is InChI=1S/C10H6F4O2/c11-7-3-1-6(2-4-9(15)16)8(5-7)10(12,13)14/h1-5H,(H,15,16)/b4-2+. The van der Waals surface area contributed by atoms with E-state index in [1.165, 1.54) is 0 Å². The minimum atomic E-state index is -4.72. The first kappa shape index (κ1) is 12.2. The number of carboxylic acid groups (broad SMARTS) is 1. The summed E-state index contributed by atoms with van der Waals surface area (Å²) in [6.07, 6.45) is -3.40. The van der Waals surface area contributed by atoms with E-state index < -0.39 is 29.1 Å². The number of halogens is 4. The maximum atomic E-state index is 12.6. The number of carboxylic acids is 1. The Balaban J connectivity index is 3.23. The third kappa shape index (κ3) is 3.08. The Morgan fingerprint density at radius 3 is 2.44 bits per heavy atom. The summed E-state index contributed by atoms with van der Waals surface area (Å²) in [6, 6.07) is 2.02. The van der Waals surface area contributed by atoms with E-state index in [4.69, 9.17) is 5.11 Å². The number of benzene rings is 1. The first-order chi connectivity index (χ1) is 7.30. The smallest absolute Gasteiger partial charge is 0.417 e. The van der Waals surface area contributed by atoms with E-state index in [2.05, 4.69) is 0 Å². The molecule has 1 aromatic rings. The average Bonchev–Trinajstić information content (AvgIpc) is 2.14. The SMILES string of the molecule is O=C(O)/C=C/c1ccc(F)cc1C(F)(F)F. The van der Waals surface area contributed by atoms with E-state index in [-0.39, 0.29) is 0 Å². The predicted octanol–water partition coefficient (Wildman–Crippen LogP) is 2.94. The van der Waals surface area contributed by atoms with Gasteiger partial charge in [-0.25, -0.2) is 9.18 Å². The Morgan fingerprint density at radius 1 is 1.31 bits per heavy atom. The van der Waals surface area contributed by atoms with Gasteiger partial charge in [-0.05, 0) is 23.8 Å². The Labute approximate surface area is 87.8 Å². The highest BCUT2D eigenvalue weighted by Crippen LogP contribution is 2.33. The summed E-state index contributed by atoms with van der Waals surface area (Å²) in [6.45, 7) is 0. The summed E-state index contributed by atoms with van der Waals surface area (Å²) in [7, 11) is 0. The van der Waals surface area contributed by atoms with Crippen molar-refractivity contribution in [3.63, 3.8) is 0 Å². The Bertz CT molecular complexity index is 435. The number of hydrogen-bond acceptors (Lipinski definition) is 1. The highest BCUT2D eigenvalue weighted by atomic mass is 19.4. The van der Waals surface area contributed by atoms with Crippen molar-refractivity contribution in [3.05, 3.63) is 41.2 Å². The minimum Gasteiger partial charge on any atom is -0.478 e. The van der Waals surface area contributed by atoms with E-state index in [0.717, 1.165) is 18.2 Å². The van der Waals surface area contributed by atoms with Crippen LogP contribution in [0.15, 0.2) is 24.3 Å². The monoisotopic (exact) mass is 234 g/mol. The van der Waals surface area contributed by atoms with E-state index in [9.17, 15) is 22.4 Å². The molecular weight excluding hydrogens is 228 g/mol. The van der Waals surface area contributed by atoms with Crippen molar-refractivity contribution < 1.29 is 27.5 Å². The molecule has 0 amide bonds. The topological polar surface area (TPSA) is 37.3 Å². The van der Waals surface area contributed by atoms with Crippen LogP contribution in [0, 0.1) is 5.82 Å². The summed E-state index contributed by atoms with van der Waals surface area (Å²) in [5.74, 6) is -2.41. The van der Waals surface area contributed by atoms with Crippen LogP contribution in [0.3, 0.4) is 0 Å². The van der Waals surface area contributed by atoms with Gasteiger partial charge in [0.1, 0.15) is 5.82 Å². The zero-order valence-electron chi connectivity index (χ0n) is 7.75. The van der Waals surface area contributed by atoms with Gasteiger partial charge < -0.3 is 5.11 Å². The summed E-state index contributed by atoms with van der Waals surface area (Å²) < 4.78 is 49.9. The molecule has 0 saturated carbocycles. The van der Waals surface area contributed by atoms with Crippen LogP contribution in [-0.2, 0) is 11.0 Å².